The van der Waals surface area contributed by atoms with Crippen molar-refractivity contribution < 1.29 is 4.52 Å². The fraction of sp³-hybridized carbons (Fsp3) is 0.529. The lowest BCUT2D eigenvalue weighted by Crippen LogP contribution is -2.34. The molecule has 4 nitrogen and oxygen atoms in total. The molecule has 1 N–H and O–H groups in total. The van der Waals surface area contributed by atoms with Gasteiger partial charge in [-0.1, -0.05) is 48.3 Å². The molecule has 0 aliphatic heterocycles. The summed E-state index contributed by atoms with van der Waals surface area (Å²) in [7, 11) is 2.03. The van der Waals surface area contributed by atoms with Crippen molar-refractivity contribution >= 4 is 0 Å². The van der Waals surface area contributed by atoms with Gasteiger partial charge in [-0.3, -0.25) is 0 Å². The Morgan fingerprint density at radius 3 is 2.71 bits per heavy atom. The molecule has 21 heavy (non-hydrogen) atoms. The molecule has 3 rings (SSSR count). The zero-order valence-electron chi connectivity index (χ0n) is 12.6. The first-order valence-corrected chi connectivity index (χ1v) is 7.88. The van der Waals surface area contributed by atoms with Gasteiger partial charge in [0.25, 0.3) is 0 Å². The van der Waals surface area contributed by atoms with Crippen LogP contribution in [0.5, 0.6) is 0 Å². The summed E-state index contributed by atoms with van der Waals surface area (Å²) in [6.45, 7) is 0. The molecule has 1 atom stereocenters. The van der Waals surface area contributed by atoms with Crippen LogP contribution in [-0.4, -0.2) is 23.2 Å². The predicted molar refractivity (Wildman–Crippen MR) is 82.1 cm³/mol. The summed E-state index contributed by atoms with van der Waals surface area (Å²) in [5.41, 5.74) is 1.21. The van der Waals surface area contributed by atoms with E-state index in [9.17, 15) is 0 Å². The Kier molecular flexibility index (Phi) is 4.65. The van der Waals surface area contributed by atoms with Gasteiger partial charge in [-0.25, -0.2) is 0 Å². The lowest BCUT2D eigenvalue weighted by Gasteiger charge is -2.20. The van der Waals surface area contributed by atoms with Crippen molar-refractivity contribution in [3.05, 3.63) is 47.6 Å². The third-order valence-corrected chi connectivity index (χ3v) is 4.45. The van der Waals surface area contributed by atoms with Crippen LogP contribution in [0, 0.1) is 5.92 Å². The van der Waals surface area contributed by atoms with E-state index in [2.05, 4.69) is 27.6 Å². The summed E-state index contributed by atoms with van der Waals surface area (Å²) in [5, 5.41) is 7.54. The Labute approximate surface area is 126 Å². The van der Waals surface area contributed by atoms with Crippen molar-refractivity contribution in [3.63, 3.8) is 0 Å². The maximum atomic E-state index is 5.43. The van der Waals surface area contributed by atoms with E-state index < -0.39 is 0 Å². The maximum absolute atomic E-state index is 5.43. The van der Waals surface area contributed by atoms with Gasteiger partial charge in [0.2, 0.25) is 5.89 Å². The van der Waals surface area contributed by atoms with Crippen molar-refractivity contribution in [2.24, 2.45) is 5.92 Å². The van der Waals surface area contributed by atoms with Crippen molar-refractivity contribution in [1.29, 1.82) is 0 Å². The van der Waals surface area contributed by atoms with Gasteiger partial charge in [0.05, 0.1) is 0 Å². The van der Waals surface area contributed by atoms with Gasteiger partial charge in [-0.2, -0.15) is 4.98 Å². The van der Waals surface area contributed by atoms with Gasteiger partial charge < -0.3 is 9.84 Å². The molecule has 1 saturated carbocycles. The van der Waals surface area contributed by atoms with E-state index in [0.29, 0.717) is 6.04 Å². The van der Waals surface area contributed by atoms with Gasteiger partial charge in [0.1, 0.15) is 0 Å². The summed E-state index contributed by atoms with van der Waals surface area (Å²) in [6.07, 6.45) is 6.91. The van der Waals surface area contributed by atoms with Gasteiger partial charge in [0.15, 0.2) is 5.82 Å². The SMILES string of the molecule is CNC(Cc1nc(Cc2ccccc2)no1)C1CCCC1. The van der Waals surface area contributed by atoms with Gasteiger partial charge in [0, 0.05) is 18.9 Å². The average molecular weight is 285 g/mol. The molecule has 0 bridgehead atoms. The first-order chi connectivity index (χ1) is 10.3. The number of nitrogens with one attached hydrogen (secondary N) is 1. The summed E-state index contributed by atoms with van der Waals surface area (Å²) in [4.78, 5) is 4.55. The molecule has 0 saturated heterocycles. The number of hydrogen-bond acceptors (Lipinski definition) is 4. The highest BCUT2D eigenvalue weighted by molar-refractivity contribution is 5.18. The highest BCUT2D eigenvalue weighted by Gasteiger charge is 2.25. The third-order valence-electron chi connectivity index (χ3n) is 4.45. The number of likely N-dealkylation sites (N-methyl/N-ethyl adjacent to an activating group) is 1. The minimum absolute atomic E-state index is 0.456. The Balaban J connectivity index is 1.61. The normalized spacial score (nSPS) is 17.2. The van der Waals surface area contributed by atoms with Crippen LogP contribution in [0.15, 0.2) is 34.9 Å². The highest BCUT2D eigenvalue weighted by atomic mass is 16.5. The lowest BCUT2D eigenvalue weighted by atomic mass is 9.95. The second-order valence-electron chi connectivity index (χ2n) is 5.91. The fourth-order valence-corrected chi connectivity index (χ4v) is 3.28. The van der Waals surface area contributed by atoms with Gasteiger partial charge in [-0.15, -0.1) is 0 Å². The van der Waals surface area contributed by atoms with Crippen LogP contribution in [0.3, 0.4) is 0 Å². The molecule has 1 fully saturated rings. The summed E-state index contributed by atoms with van der Waals surface area (Å²) in [5.74, 6) is 2.28. The lowest BCUT2D eigenvalue weighted by molar-refractivity contribution is 0.317. The topological polar surface area (TPSA) is 51.0 Å². The van der Waals surface area contributed by atoms with Crippen LogP contribution in [0.4, 0.5) is 0 Å². The van der Waals surface area contributed by atoms with E-state index >= 15 is 0 Å². The molecule has 0 spiro atoms. The van der Waals surface area contributed by atoms with Crippen LogP contribution in [0.1, 0.15) is 43.0 Å². The minimum atomic E-state index is 0.456. The van der Waals surface area contributed by atoms with E-state index in [1.165, 1.54) is 31.2 Å². The number of aromatic nitrogens is 2. The third kappa shape index (κ3) is 3.70. The Bertz CT molecular complexity index is 546. The molecule has 2 aromatic rings. The second kappa shape index (κ2) is 6.85. The van der Waals surface area contributed by atoms with Crippen molar-refractivity contribution in [3.8, 4) is 0 Å². The van der Waals surface area contributed by atoms with E-state index in [1.54, 1.807) is 0 Å². The molecule has 1 aromatic heterocycles. The first-order valence-electron chi connectivity index (χ1n) is 7.88. The number of benzene rings is 1. The fourth-order valence-electron chi connectivity index (χ4n) is 3.28. The number of nitrogens with zero attached hydrogens (tertiary/aromatic N) is 2. The number of rotatable bonds is 6. The molecule has 1 aliphatic carbocycles. The quantitative estimate of drug-likeness (QED) is 0.886. The summed E-state index contributed by atoms with van der Waals surface area (Å²) >= 11 is 0. The zero-order chi connectivity index (χ0) is 14.5. The Morgan fingerprint density at radius 2 is 2.00 bits per heavy atom. The first kappa shape index (κ1) is 14.3. The molecule has 4 heteroatoms. The molecule has 1 unspecified atom stereocenters. The van der Waals surface area contributed by atoms with Crippen LogP contribution in [0.25, 0.3) is 0 Å². The molecule has 1 aromatic carbocycles. The molecular weight excluding hydrogens is 262 g/mol. The van der Waals surface area contributed by atoms with E-state index in [1.807, 2.05) is 25.2 Å². The van der Waals surface area contributed by atoms with Crippen LogP contribution >= 0.6 is 0 Å². The molecule has 112 valence electrons. The highest BCUT2D eigenvalue weighted by Crippen LogP contribution is 2.28. The number of hydrogen-bond donors (Lipinski definition) is 1. The Morgan fingerprint density at radius 1 is 1.24 bits per heavy atom. The monoisotopic (exact) mass is 285 g/mol. The average Bonchev–Trinajstić information content (AvgIpc) is 3.17. The van der Waals surface area contributed by atoms with Gasteiger partial charge in [-0.05, 0) is 31.4 Å². The van der Waals surface area contributed by atoms with Crippen LogP contribution in [0.2, 0.25) is 0 Å². The van der Waals surface area contributed by atoms with E-state index in [4.69, 9.17) is 4.52 Å². The van der Waals surface area contributed by atoms with Crippen LogP contribution in [-0.2, 0) is 12.8 Å². The van der Waals surface area contributed by atoms with Crippen molar-refractivity contribution in [2.45, 2.75) is 44.6 Å². The van der Waals surface area contributed by atoms with Gasteiger partial charge >= 0.3 is 0 Å². The molecular formula is C17H23N3O. The molecule has 0 amide bonds. The largest absolute Gasteiger partial charge is 0.339 e. The molecule has 0 radical (unpaired) electrons. The maximum Gasteiger partial charge on any atom is 0.228 e. The van der Waals surface area contributed by atoms with Crippen LogP contribution < -0.4 is 5.32 Å². The molecule has 1 aliphatic rings. The Hall–Kier alpha value is -1.68. The molecule has 1 heterocycles. The second-order valence-corrected chi connectivity index (χ2v) is 5.91. The minimum Gasteiger partial charge on any atom is -0.339 e. The predicted octanol–water partition coefficient (Wildman–Crippen LogP) is 2.98. The smallest absolute Gasteiger partial charge is 0.228 e. The zero-order valence-corrected chi connectivity index (χ0v) is 12.6. The van der Waals surface area contributed by atoms with Crippen molar-refractivity contribution in [1.82, 2.24) is 15.5 Å². The summed E-state index contributed by atoms with van der Waals surface area (Å²) in [6, 6.07) is 10.7. The summed E-state index contributed by atoms with van der Waals surface area (Å²) < 4.78 is 5.43. The van der Waals surface area contributed by atoms with Crippen molar-refractivity contribution in [2.75, 3.05) is 7.05 Å². The van der Waals surface area contributed by atoms with E-state index in [0.717, 1.165) is 30.5 Å². The standard InChI is InChI=1S/C17H23N3O/c1-18-15(14-9-5-6-10-14)12-17-19-16(20-21-17)11-13-7-3-2-4-8-13/h2-4,7-8,14-15,18H,5-6,9-12H2,1H3. The van der Waals surface area contributed by atoms with E-state index in [-0.39, 0.29) is 0 Å².